The Hall–Kier alpha value is -4.27. The van der Waals surface area contributed by atoms with E-state index in [4.69, 9.17) is 4.74 Å². The molecule has 0 aliphatic carbocycles. The van der Waals surface area contributed by atoms with Crippen molar-refractivity contribution in [3.05, 3.63) is 77.4 Å². The van der Waals surface area contributed by atoms with Crippen molar-refractivity contribution in [3.8, 4) is 0 Å². The number of rotatable bonds is 2. The van der Waals surface area contributed by atoms with Gasteiger partial charge in [0.25, 0.3) is 0 Å². The minimum atomic E-state index is -0.550. The maximum Gasteiger partial charge on any atom is 0.346 e. The molecule has 2 aromatic rings. The minimum absolute atomic E-state index is 0.149. The summed E-state index contributed by atoms with van der Waals surface area (Å²) in [5.41, 5.74) is 2.13. The molecule has 188 valence electrons. The van der Waals surface area contributed by atoms with E-state index in [0.29, 0.717) is 22.4 Å². The summed E-state index contributed by atoms with van der Waals surface area (Å²) in [5, 5.41) is 4.81. The summed E-state index contributed by atoms with van der Waals surface area (Å²) in [5.74, 6) is -1.25. The van der Waals surface area contributed by atoms with E-state index in [9.17, 15) is 24.0 Å². The zero-order chi connectivity index (χ0) is 27.0. The van der Waals surface area contributed by atoms with Crippen LogP contribution in [0, 0.1) is 0 Å². The van der Waals surface area contributed by atoms with Gasteiger partial charge >= 0.3 is 17.9 Å². The third kappa shape index (κ3) is 10.0. The minimum Gasteiger partial charge on any atom is -0.423 e. The van der Waals surface area contributed by atoms with Crippen LogP contribution in [0.2, 0.25) is 0 Å². The third-order valence-electron chi connectivity index (χ3n) is 3.89. The van der Waals surface area contributed by atoms with Gasteiger partial charge < -0.3 is 20.1 Å². The molecule has 0 bridgehead atoms. The van der Waals surface area contributed by atoms with E-state index in [1.165, 1.54) is 13.8 Å². The number of hydrogen-bond donors (Lipinski definition) is 2. The number of esters is 3. The number of ether oxygens (including phenoxy) is 2. The van der Waals surface area contributed by atoms with Crippen LogP contribution in [0.4, 0.5) is 0 Å². The smallest absolute Gasteiger partial charge is 0.346 e. The van der Waals surface area contributed by atoms with Gasteiger partial charge in [0.05, 0.1) is 23.4 Å². The lowest BCUT2D eigenvalue weighted by molar-refractivity contribution is -0.120. The van der Waals surface area contributed by atoms with Crippen LogP contribution in [-0.2, 0) is 19.1 Å². The molecule has 9 nitrogen and oxygen atoms in total. The average Bonchev–Trinajstić information content (AvgIpc) is 3.31. The first kappa shape index (κ1) is 30.7. The first-order valence-electron chi connectivity index (χ1n) is 11.1. The Morgan fingerprint density at radius 2 is 0.971 bits per heavy atom. The van der Waals surface area contributed by atoms with E-state index in [2.05, 4.69) is 21.9 Å². The van der Waals surface area contributed by atoms with E-state index in [1.54, 1.807) is 36.4 Å². The van der Waals surface area contributed by atoms with Crippen molar-refractivity contribution >= 4 is 35.5 Å². The lowest BCUT2D eigenvalue weighted by Gasteiger charge is -2.00. The molecule has 0 atom stereocenters. The SMILES string of the molecule is C=C1OC(=O)c2ccccc21.CC.CC.CC(=O)NCNC(C)=O.O=C1OC(=O)c2ccccc21. The Morgan fingerprint density at radius 3 is 1.31 bits per heavy atom. The molecule has 4 rings (SSSR count). The summed E-state index contributed by atoms with van der Waals surface area (Å²) < 4.78 is 9.15. The lowest BCUT2D eigenvalue weighted by Crippen LogP contribution is -2.34. The van der Waals surface area contributed by atoms with Crippen LogP contribution in [0.25, 0.3) is 5.76 Å². The van der Waals surface area contributed by atoms with Crippen LogP contribution in [0.3, 0.4) is 0 Å². The monoisotopic (exact) mass is 484 g/mol. The number of carbonyl (C=O) groups excluding carboxylic acids is 5. The van der Waals surface area contributed by atoms with Gasteiger partial charge in [0, 0.05) is 19.4 Å². The highest BCUT2D eigenvalue weighted by Crippen LogP contribution is 2.27. The summed E-state index contributed by atoms with van der Waals surface area (Å²) in [4.78, 5) is 53.0. The van der Waals surface area contributed by atoms with E-state index in [1.807, 2.05) is 39.8 Å². The van der Waals surface area contributed by atoms with Crippen LogP contribution in [0.1, 0.15) is 78.2 Å². The van der Waals surface area contributed by atoms with Crippen LogP contribution in [-0.4, -0.2) is 36.4 Å². The van der Waals surface area contributed by atoms with Gasteiger partial charge in [-0.3, -0.25) is 9.59 Å². The number of hydrogen-bond acceptors (Lipinski definition) is 7. The molecule has 35 heavy (non-hydrogen) atoms. The molecule has 2 aromatic carbocycles. The van der Waals surface area contributed by atoms with Crippen LogP contribution < -0.4 is 10.6 Å². The molecular formula is C26H32N2O7. The van der Waals surface area contributed by atoms with E-state index >= 15 is 0 Å². The topological polar surface area (TPSA) is 128 Å². The zero-order valence-electron chi connectivity index (χ0n) is 20.9. The molecule has 0 saturated heterocycles. The highest BCUT2D eigenvalue weighted by atomic mass is 16.6. The Kier molecular flexibility index (Phi) is 14.4. The molecule has 0 fully saturated rings. The second kappa shape index (κ2) is 16.4. The lowest BCUT2D eigenvalue weighted by atomic mass is 10.1. The van der Waals surface area contributed by atoms with Crippen molar-refractivity contribution in [1.29, 1.82) is 0 Å². The first-order chi connectivity index (χ1) is 16.7. The zero-order valence-corrected chi connectivity index (χ0v) is 20.9. The number of carbonyl (C=O) groups is 5. The molecule has 2 N–H and O–H groups in total. The van der Waals surface area contributed by atoms with Crippen molar-refractivity contribution in [2.75, 3.05) is 6.67 Å². The molecule has 9 heteroatoms. The van der Waals surface area contributed by atoms with Crippen LogP contribution in [0.15, 0.2) is 55.1 Å². The van der Waals surface area contributed by atoms with E-state index < -0.39 is 11.9 Å². The largest absolute Gasteiger partial charge is 0.423 e. The normalized spacial score (nSPS) is 11.6. The number of cyclic esters (lactones) is 3. The quantitative estimate of drug-likeness (QED) is 0.373. The fourth-order valence-corrected chi connectivity index (χ4v) is 2.45. The Balaban J connectivity index is 0.000000465. The van der Waals surface area contributed by atoms with Crippen molar-refractivity contribution in [1.82, 2.24) is 10.6 Å². The average molecular weight is 485 g/mol. The van der Waals surface area contributed by atoms with Gasteiger partial charge in [-0.25, -0.2) is 14.4 Å². The van der Waals surface area contributed by atoms with Gasteiger partial charge in [-0.1, -0.05) is 64.6 Å². The Morgan fingerprint density at radius 1 is 0.657 bits per heavy atom. The number of fused-ring (bicyclic) bond motifs is 2. The third-order valence-corrected chi connectivity index (χ3v) is 3.89. The summed E-state index contributed by atoms with van der Waals surface area (Å²) >= 11 is 0. The van der Waals surface area contributed by atoms with Crippen molar-refractivity contribution in [2.24, 2.45) is 0 Å². The number of amides is 2. The van der Waals surface area contributed by atoms with Gasteiger partial charge in [-0.2, -0.15) is 0 Å². The fraction of sp³-hybridized carbons (Fsp3) is 0.269. The first-order valence-corrected chi connectivity index (χ1v) is 11.1. The molecule has 2 aliphatic heterocycles. The van der Waals surface area contributed by atoms with Gasteiger partial charge in [0.15, 0.2) is 0 Å². The number of nitrogens with one attached hydrogen (secondary N) is 2. The fourth-order valence-electron chi connectivity index (χ4n) is 2.45. The van der Waals surface area contributed by atoms with E-state index in [-0.39, 0.29) is 24.5 Å². The van der Waals surface area contributed by atoms with Crippen molar-refractivity contribution < 1.29 is 33.4 Å². The Labute approximate surface area is 205 Å². The van der Waals surface area contributed by atoms with Crippen LogP contribution >= 0.6 is 0 Å². The molecule has 0 spiro atoms. The molecule has 2 amide bonds. The molecular weight excluding hydrogens is 452 g/mol. The van der Waals surface area contributed by atoms with Gasteiger partial charge in [-0.15, -0.1) is 0 Å². The Bertz CT molecular complexity index is 912. The maximum absolute atomic E-state index is 11.0. The summed E-state index contributed by atoms with van der Waals surface area (Å²) in [6.07, 6.45) is 0. The number of benzene rings is 2. The van der Waals surface area contributed by atoms with Crippen LogP contribution in [0.5, 0.6) is 0 Å². The molecule has 0 aromatic heterocycles. The molecule has 0 saturated carbocycles. The summed E-state index contributed by atoms with van der Waals surface area (Å²) in [7, 11) is 0. The summed E-state index contributed by atoms with van der Waals surface area (Å²) in [6.45, 7) is 14.6. The van der Waals surface area contributed by atoms with E-state index in [0.717, 1.165) is 5.56 Å². The predicted molar refractivity (Wildman–Crippen MR) is 132 cm³/mol. The molecule has 2 aliphatic rings. The summed E-state index contributed by atoms with van der Waals surface area (Å²) in [6, 6.07) is 13.7. The highest BCUT2D eigenvalue weighted by Gasteiger charge is 2.28. The predicted octanol–water partition coefficient (Wildman–Crippen LogP) is 4.09. The van der Waals surface area contributed by atoms with Crippen molar-refractivity contribution in [3.63, 3.8) is 0 Å². The van der Waals surface area contributed by atoms with Gasteiger partial charge in [0.2, 0.25) is 11.8 Å². The highest BCUT2D eigenvalue weighted by molar-refractivity contribution is 6.14. The standard InChI is InChI=1S/C9H6O2.C8H4O3.C5H10N2O2.2C2H6/c1-6-7-4-2-3-5-8(7)9(10)11-6;9-7-5-3-1-2-4-6(5)8(10)11-7;1-4(8)6-3-7-5(2)9;2*1-2/h2-5H,1H2;1-4H;3H2,1-2H3,(H,6,8)(H,7,9);2*1-2H3. The molecule has 0 unspecified atom stereocenters. The maximum atomic E-state index is 11.0. The second-order valence-electron chi connectivity index (χ2n) is 6.22. The van der Waals surface area contributed by atoms with Crippen molar-refractivity contribution in [2.45, 2.75) is 41.5 Å². The molecule has 2 heterocycles. The molecule has 0 radical (unpaired) electrons. The van der Waals surface area contributed by atoms with Gasteiger partial charge in [-0.05, 0) is 18.2 Å². The van der Waals surface area contributed by atoms with Gasteiger partial charge in [0.1, 0.15) is 5.76 Å². The second-order valence-corrected chi connectivity index (χ2v) is 6.22.